The third kappa shape index (κ3) is 7.51. The van der Waals surface area contributed by atoms with Crippen LogP contribution in [0.2, 0.25) is 10.0 Å². The van der Waals surface area contributed by atoms with Crippen molar-refractivity contribution >= 4 is 29.1 Å². The van der Waals surface area contributed by atoms with Crippen molar-refractivity contribution < 1.29 is 14.3 Å². The average Bonchev–Trinajstić information content (AvgIpc) is 3.23. The van der Waals surface area contributed by atoms with E-state index in [1.54, 1.807) is 27.8 Å². The van der Waals surface area contributed by atoms with Crippen molar-refractivity contribution in [1.82, 2.24) is 19.7 Å². The third-order valence-electron chi connectivity index (χ3n) is 5.95. The smallest absolute Gasteiger partial charge is 0.251 e. The van der Waals surface area contributed by atoms with Gasteiger partial charge in [0.1, 0.15) is 12.8 Å². The molecule has 0 bridgehead atoms. The predicted octanol–water partition coefficient (Wildman–Crippen LogP) is 5.28. The molecule has 0 fully saturated rings. The molecule has 3 aromatic rings. The van der Waals surface area contributed by atoms with Gasteiger partial charge in [0.2, 0.25) is 0 Å². The molecule has 3 atom stereocenters. The molecule has 200 valence electrons. The molecule has 2 aromatic carbocycles. The minimum absolute atomic E-state index is 0.146. The van der Waals surface area contributed by atoms with Crippen LogP contribution in [0.3, 0.4) is 0 Å². The van der Waals surface area contributed by atoms with Crippen molar-refractivity contribution in [3.63, 3.8) is 0 Å². The number of alkyl halides is 1. The number of carbonyl (C=O) groups excluding carboxylic acids is 1. The number of halogens is 3. The summed E-state index contributed by atoms with van der Waals surface area (Å²) < 4.78 is 14.9. The molecule has 1 amide bonds. The summed E-state index contributed by atoms with van der Waals surface area (Å²) in [5, 5.41) is 15.9. The molecule has 0 saturated carbocycles. The van der Waals surface area contributed by atoms with Crippen LogP contribution >= 0.6 is 23.2 Å². The highest BCUT2D eigenvalue weighted by atomic mass is 35.5. The van der Waals surface area contributed by atoms with Crippen molar-refractivity contribution in [2.45, 2.75) is 58.8 Å². The average molecular weight is 551 g/mol. The zero-order valence-corrected chi connectivity index (χ0v) is 23.0. The van der Waals surface area contributed by atoms with Gasteiger partial charge in [0, 0.05) is 28.2 Å². The summed E-state index contributed by atoms with van der Waals surface area (Å²) in [6.07, 6.45) is -1.03. The Balaban J connectivity index is 2.20. The number of hydrogen-bond donors (Lipinski definition) is 2. The zero-order valence-electron chi connectivity index (χ0n) is 21.5. The Labute approximate surface area is 227 Å². The first kappa shape index (κ1) is 29.0. The zero-order chi connectivity index (χ0) is 27.3. The Hall–Kier alpha value is -2.52. The topological polar surface area (TPSA) is 97.3 Å². The van der Waals surface area contributed by atoms with E-state index in [9.17, 15) is 14.3 Å². The number of hydrogen-bond acceptors (Lipinski definition) is 5. The van der Waals surface area contributed by atoms with Crippen LogP contribution in [-0.2, 0) is 11.3 Å². The molecule has 3 rings (SSSR count). The molecule has 1 aromatic heterocycles. The number of nitrogens with two attached hydrogens (primary N) is 1. The predicted molar refractivity (Wildman–Crippen MR) is 145 cm³/mol. The van der Waals surface area contributed by atoms with E-state index in [-0.39, 0.29) is 13.0 Å². The Morgan fingerprint density at radius 3 is 2.32 bits per heavy atom. The van der Waals surface area contributed by atoms with E-state index in [1.165, 1.54) is 6.92 Å². The maximum atomic E-state index is 13.3. The first-order valence-electron chi connectivity index (χ1n) is 12.2. The van der Waals surface area contributed by atoms with Gasteiger partial charge in [-0.2, -0.15) is 5.10 Å². The second-order valence-corrected chi connectivity index (χ2v) is 11.1. The molecule has 10 heteroatoms. The van der Waals surface area contributed by atoms with Gasteiger partial charge in [0.05, 0.1) is 12.6 Å². The number of aliphatic hydroxyl groups is 1. The second-order valence-electron chi connectivity index (χ2n) is 10.3. The monoisotopic (exact) mass is 549 g/mol. The molecule has 0 aliphatic rings. The van der Waals surface area contributed by atoms with Gasteiger partial charge >= 0.3 is 0 Å². The summed E-state index contributed by atoms with van der Waals surface area (Å²) in [7, 11) is 0. The molecule has 0 saturated heterocycles. The van der Waals surface area contributed by atoms with Crippen LogP contribution < -0.4 is 5.73 Å². The van der Waals surface area contributed by atoms with E-state index < -0.39 is 36.2 Å². The van der Waals surface area contributed by atoms with Gasteiger partial charge in [-0.1, -0.05) is 74.3 Å². The van der Waals surface area contributed by atoms with E-state index in [2.05, 4.69) is 0 Å². The second kappa shape index (κ2) is 12.3. The van der Waals surface area contributed by atoms with Gasteiger partial charge in [0.25, 0.3) is 5.91 Å². The molecule has 7 nitrogen and oxygen atoms in total. The Kier molecular flexibility index (Phi) is 9.69. The molecule has 0 aliphatic heterocycles. The maximum absolute atomic E-state index is 13.3. The summed E-state index contributed by atoms with van der Waals surface area (Å²) in [5.41, 5.74) is 6.94. The van der Waals surface area contributed by atoms with Crippen LogP contribution in [0, 0.1) is 5.41 Å². The van der Waals surface area contributed by atoms with Gasteiger partial charge in [-0.15, -0.1) is 0 Å². The van der Waals surface area contributed by atoms with Gasteiger partial charge in [-0.3, -0.25) is 4.79 Å². The fourth-order valence-corrected chi connectivity index (χ4v) is 4.74. The van der Waals surface area contributed by atoms with Crippen molar-refractivity contribution in [3.05, 3.63) is 70.0 Å². The number of amides is 1. The lowest BCUT2D eigenvalue weighted by Crippen LogP contribution is -2.47. The Morgan fingerprint density at radius 2 is 1.78 bits per heavy atom. The van der Waals surface area contributed by atoms with Crippen LogP contribution in [0.1, 0.15) is 51.5 Å². The number of aliphatic hydroxyl groups excluding tert-OH is 1. The van der Waals surface area contributed by atoms with Crippen LogP contribution in [0.4, 0.5) is 4.39 Å². The largest absolute Gasteiger partial charge is 0.384 e. The van der Waals surface area contributed by atoms with Gasteiger partial charge in [-0.25, -0.2) is 14.1 Å². The van der Waals surface area contributed by atoms with E-state index in [4.69, 9.17) is 39.0 Å². The molecule has 2 unspecified atom stereocenters. The summed E-state index contributed by atoms with van der Waals surface area (Å²) in [4.78, 5) is 19.7. The Morgan fingerprint density at radius 1 is 1.16 bits per heavy atom. The van der Waals surface area contributed by atoms with Gasteiger partial charge < -0.3 is 15.7 Å². The maximum Gasteiger partial charge on any atom is 0.251 e. The lowest BCUT2D eigenvalue weighted by atomic mass is 9.84. The molecule has 0 spiro atoms. The van der Waals surface area contributed by atoms with Crippen LogP contribution in [0.25, 0.3) is 11.4 Å². The number of aromatic nitrogens is 3. The van der Waals surface area contributed by atoms with E-state index in [0.29, 0.717) is 33.8 Å². The molecular weight excluding hydrogens is 516 g/mol. The molecule has 0 aliphatic carbocycles. The number of benzene rings is 2. The molecule has 0 radical (unpaired) electrons. The first-order chi connectivity index (χ1) is 17.4. The van der Waals surface area contributed by atoms with Crippen LogP contribution in [-0.4, -0.2) is 56.0 Å². The number of rotatable bonds is 10. The molecule has 37 heavy (non-hydrogen) atoms. The van der Waals surface area contributed by atoms with E-state index in [1.807, 2.05) is 51.1 Å². The molecule has 1 heterocycles. The minimum atomic E-state index is -1.26. The van der Waals surface area contributed by atoms with Gasteiger partial charge in [-0.05, 0) is 42.5 Å². The summed E-state index contributed by atoms with van der Waals surface area (Å²) >= 11 is 12.5. The summed E-state index contributed by atoms with van der Waals surface area (Å²) in [6, 6.07) is 13.5. The fourth-order valence-electron chi connectivity index (χ4n) is 4.22. The quantitative estimate of drug-likeness (QED) is 0.358. The Bertz CT molecular complexity index is 1180. The van der Waals surface area contributed by atoms with Crippen LogP contribution in [0.5, 0.6) is 0 Å². The van der Waals surface area contributed by atoms with Gasteiger partial charge in [0.15, 0.2) is 11.6 Å². The molecular formula is C27H34Cl2FN5O2. The van der Waals surface area contributed by atoms with Crippen molar-refractivity contribution in [2.24, 2.45) is 11.1 Å². The van der Waals surface area contributed by atoms with E-state index >= 15 is 0 Å². The van der Waals surface area contributed by atoms with Crippen molar-refractivity contribution in [2.75, 3.05) is 13.2 Å². The number of carbonyl (C=O) groups is 1. The normalized spacial score (nSPS) is 14.3. The highest BCUT2D eigenvalue weighted by molar-refractivity contribution is 6.35. The first-order valence-corrected chi connectivity index (χ1v) is 12.9. The minimum Gasteiger partial charge on any atom is -0.384 e. The summed E-state index contributed by atoms with van der Waals surface area (Å²) in [6.45, 7) is 7.18. The van der Waals surface area contributed by atoms with E-state index in [0.717, 1.165) is 5.56 Å². The molecule has 3 N–H and O–H groups in total. The highest BCUT2D eigenvalue weighted by Crippen LogP contribution is 2.39. The van der Waals surface area contributed by atoms with Crippen molar-refractivity contribution in [1.29, 1.82) is 0 Å². The lowest BCUT2D eigenvalue weighted by molar-refractivity contribution is -0.145. The number of nitrogens with zero attached hydrogens (tertiary/aromatic N) is 4. The lowest BCUT2D eigenvalue weighted by Gasteiger charge is -2.40. The SMILES string of the molecule is CC(O)C(=O)N(CCC(N)CF)[C@@H](c1nc(-c2cc(Cl)cc(Cl)c2)nn1Cc1ccccc1)C(C)(C)C. The third-order valence-corrected chi connectivity index (χ3v) is 6.39. The fraction of sp³-hybridized carbons (Fsp3) is 0.444. The standard InChI is InChI=1S/C27H34Cl2FN5O2/c1-17(36)26(37)34(11-10-22(31)15-30)23(27(2,3)4)25-32-24(19-12-20(28)14-21(29)13-19)33-35(25)16-18-8-6-5-7-9-18/h5-9,12-14,17,22-23,36H,10-11,15-16,31H2,1-4H3/t17?,22?,23-/m0/s1. The highest BCUT2D eigenvalue weighted by Gasteiger charge is 2.40. The van der Waals surface area contributed by atoms with Crippen molar-refractivity contribution in [3.8, 4) is 11.4 Å². The summed E-state index contributed by atoms with van der Waals surface area (Å²) in [5.74, 6) is 0.423. The van der Waals surface area contributed by atoms with Crippen LogP contribution in [0.15, 0.2) is 48.5 Å².